The molecule has 0 radical (unpaired) electrons. The largest absolute Gasteiger partial charge is 0.381 e. The first kappa shape index (κ1) is 21.7. The highest BCUT2D eigenvalue weighted by Crippen LogP contribution is 2.28. The van der Waals surface area contributed by atoms with Crippen LogP contribution in [0.4, 0.5) is 0 Å². The summed E-state index contributed by atoms with van der Waals surface area (Å²) in [6, 6.07) is 37.3. The topological polar surface area (TPSA) is 50.7 Å². The van der Waals surface area contributed by atoms with E-state index in [0.717, 1.165) is 27.8 Å². The van der Waals surface area contributed by atoms with Crippen LogP contribution in [0.15, 0.2) is 134 Å². The Morgan fingerprint density at radius 1 is 0.472 bits per heavy atom. The van der Waals surface area contributed by atoms with Crippen molar-refractivity contribution < 1.29 is 0 Å². The lowest BCUT2D eigenvalue weighted by atomic mass is 10.0. The molecule has 36 heavy (non-hydrogen) atoms. The summed E-state index contributed by atoms with van der Waals surface area (Å²) >= 11 is 0. The minimum absolute atomic E-state index is 0.121. The number of allylic oxidation sites excluding steroid dienone is 2. The average molecular weight is 465 g/mol. The smallest absolute Gasteiger partial charge is 0.164 e. The minimum atomic E-state index is 0.121. The molecule has 4 aromatic carbocycles. The predicted octanol–water partition coefficient (Wildman–Crippen LogP) is 7.25. The second-order valence-corrected chi connectivity index (χ2v) is 8.63. The minimum Gasteiger partial charge on any atom is -0.381 e. The molecule has 6 rings (SSSR count). The zero-order valence-corrected chi connectivity index (χ0v) is 19.6. The Balaban J connectivity index is 1.43. The molecule has 0 saturated heterocycles. The van der Waals surface area contributed by atoms with Crippen molar-refractivity contribution in [1.29, 1.82) is 0 Å². The number of dihydropyridines is 1. The van der Waals surface area contributed by atoms with Crippen molar-refractivity contribution in [3.8, 4) is 45.3 Å². The van der Waals surface area contributed by atoms with E-state index in [1.807, 2.05) is 48.7 Å². The molecule has 5 aromatic rings. The Labute approximate surface area is 210 Å². The molecule has 4 heteroatoms. The van der Waals surface area contributed by atoms with Gasteiger partial charge in [0.15, 0.2) is 17.5 Å². The van der Waals surface area contributed by atoms with Crippen LogP contribution in [0.5, 0.6) is 0 Å². The molecule has 0 fully saturated rings. The van der Waals surface area contributed by atoms with Crippen LogP contribution in [0, 0.1) is 0 Å². The van der Waals surface area contributed by atoms with Gasteiger partial charge in [-0.2, -0.15) is 0 Å². The number of rotatable bonds is 5. The van der Waals surface area contributed by atoms with Crippen LogP contribution in [0.1, 0.15) is 11.6 Å². The van der Waals surface area contributed by atoms with Gasteiger partial charge in [0, 0.05) is 16.7 Å². The van der Waals surface area contributed by atoms with Gasteiger partial charge in [-0.3, -0.25) is 0 Å². The molecule has 172 valence electrons. The van der Waals surface area contributed by atoms with Gasteiger partial charge in [-0.25, -0.2) is 15.0 Å². The van der Waals surface area contributed by atoms with Gasteiger partial charge < -0.3 is 5.32 Å². The number of hydrogen-bond acceptors (Lipinski definition) is 4. The summed E-state index contributed by atoms with van der Waals surface area (Å²) in [7, 11) is 0. The molecule has 1 N–H and O–H groups in total. The summed E-state index contributed by atoms with van der Waals surface area (Å²) in [5.74, 6) is 1.97. The summed E-state index contributed by atoms with van der Waals surface area (Å²) < 4.78 is 0. The quantitative estimate of drug-likeness (QED) is 0.297. The second-order valence-electron chi connectivity index (χ2n) is 8.63. The van der Waals surface area contributed by atoms with E-state index in [9.17, 15) is 0 Å². The Morgan fingerprint density at radius 3 is 1.64 bits per heavy atom. The van der Waals surface area contributed by atoms with E-state index in [1.165, 1.54) is 5.56 Å². The van der Waals surface area contributed by atoms with Gasteiger partial charge >= 0.3 is 0 Å². The van der Waals surface area contributed by atoms with Gasteiger partial charge in [-0.1, -0.05) is 115 Å². The third-order valence-electron chi connectivity index (χ3n) is 6.21. The number of benzene rings is 4. The molecule has 1 aliphatic rings. The highest BCUT2D eigenvalue weighted by Gasteiger charge is 2.14. The molecule has 1 atom stereocenters. The second kappa shape index (κ2) is 9.80. The van der Waals surface area contributed by atoms with Gasteiger partial charge in [-0.05, 0) is 35.0 Å². The van der Waals surface area contributed by atoms with Crippen LogP contribution in [0.2, 0.25) is 0 Å². The first-order chi connectivity index (χ1) is 17.8. The van der Waals surface area contributed by atoms with Crippen molar-refractivity contribution in [2.45, 2.75) is 6.04 Å². The summed E-state index contributed by atoms with van der Waals surface area (Å²) in [6.07, 6.45) is 8.15. The van der Waals surface area contributed by atoms with E-state index in [0.29, 0.717) is 17.5 Å². The third kappa shape index (κ3) is 4.57. The van der Waals surface area contributed by atoms with Gasteiger partial charge in [0.2, 0.25) is 0 Å². The van der Waals surface area contributed by atoms with Crippen LogP contribution in [0.3, 0.4) is 0 Å². The maximum Gasteiger partial charge on any atom is 0.164 e. The summed E-state index contributed by atoms with van der Waals surface area (Å²) in [4.78, 5) is 14.6. The van der Waals surface area contributed by atoms with E-state index in [2.05, 4.69) is 90.3 Å². The van der Waals surface area contributed by atoms with E-state index in [4.69, 9.17) is 15.0 Å². The molecule has 2 heterocycles. The first-order valence-electron chi connectivity index (χ1n) is 12.0. The summed E-state index contributed by atoms with van der Waals surface area (Å²) in [5.41, 5.74) is 6.37. The number of nitrogens with zero attached hydrogens (tertiary/aromatic N) is 3. The van der Waals surface area contributed by atoms with Crippen molar-refractivity contribution in [2.75, 3.05) is 0 Å². The van der Waals surface area contributed by atoms with Crippen LogP contribution < -0.4 is 5.32 Å². The van der Waals surface area contributed by atoms with E-state index < -0.39 is 0 Å². The standard InChI is InChI=1S/C32H24N4/c1-3-10-23(11-4-1)24-17-19-26(20-18-24)31-34-30(25-12-5-2-6-13-25)35-32(36-31)28-15-9-14-27(22-28)29-16-7-8-21-33-29/h1-22,29,33H. The van der Waals surface area contributed by atoms with Crippen LogP contribution >= 0.6 is 0 Å². The Morgan fingerprint density at radius 2 is 1.00 bits per heavy atom. The fourth-order valence-corrected chi connectivity index (χ4v) is 4.32. The molecule has 0 aliphatic carbocycles. The zero-order chi connectivity index (χ0) is 24.2. The molecule has 0 bridgehead atoms. The van der Waals surface area contributed by atoms with E-state index in [1.54, 1.807) is 0 Å². The lowest BCUT2D eigenvalue weighted by Gasteiger charge is -2.17. The molecule has 1 aliphatic heterocycles. The Bertz CT molecular complexity index is 1540. The highest BCUT2D eigenvalue weighted by atomic mass is 15.0. The normalized spacial score (nSPS) is 14.4. The first-order valence-corrected chi connectivity index (χ1v) is 12.0. The molecule has 1 aromatic heterocycles. The van der Waals surface area contributed by atoms with Crippen molar-refractivity contribution >= 4 is 0 Å². The van der Waals surface area contributed by atoms with Crippen molar-refractivity contribution in [3.05, 3.63) is 139 Å². The highest BCUT2D eigenvalue weighted by molar-refractivity contribution is 5.70. The zero-order valence-electron chi connectivity index (χ0n) is 19.6. The molecule has 0 amide bonds. The van der Waals surface area contributed by atoms with Gasteiger partial charge in [-0.15, -0.1) is 0 Å². The Hall–Kier alpha value is -4.83. The maximum absolute atomic E-state index is 4.91. The van der Waals surface area contributed by atoms with Crippen molar-refractivity contribution in [3.63, 3.8) is 0 Å². The monoisotopic (exact) mass is 464 g/mol. The maximum atomic E-state index is 4.91. The molecular formula is C32H24N4. The SMILES string of the molecule is C1=CNC(c2cccc(-c3nc(-c4ccccc4)nc(-c4ccc(-c5ccccc5)cc4)n3)c2)C=C1. The predicted molar refractivity (Wildman–Crippen MR) is 146 cm³/mol. The molecule has 0 spiro atoms. The average Bonchev–Trinajstić information content (AvgIpc) is 2.98. The van der Waals surface area contributed by atoms with Gasteiger partial charge in [0.25, 0.3) is 0 Å². The molecule has 4 nitrogen and oxygen atoms in total. The van der Waals surface area contributed by atoms with Crippen LogP contribution in [-0.2, 0) is 0 Å². The fourth-order valence-electron chi connectivity index (χ4n) is 4.32. The molecular weight excluding hydrogens is 440 g/mol. The third-order valence-corrected chi connectivity index (χ3v) is 6.21. The van der Waals surface area contributed by atoms with Crippen LogP contribution in [-0.4, -0.2) is 15.0 Å². The lowest BCUT2D eigenvalue weighted by Crippen LogP contribution is -2.14. The fraction of sp³-hybridized carbons (Fsp3) is 0.0312. The van der Waals surface area contributed by atoms with Gasteiger partial charge in [0.1, 0.15) is 0 Å². The van der Waals surface area contributed by atoms with Crippen LogP contribution in [0.25, 0.3) is 45.3 Å². The molecule has 0 saturated carbocycles. The summed E-state index contributed by atoms with van der Waals surface area (Å²) in [6.45, 7) is 0. The number of hydrogen-bond donors (Lipinski definition) is 1. The lowest BCUT2D eigenvalue weighted by molar-refractivity contribution is 0.746. The van der Waals surface area contributed by atoms with E-state index in [-0.39, 0.29) is 6.04 Å². The van der Waals surface area contributed by atoms with Crippen molar-refractivity contribution in [1.82, 2.24) is 20.3 Å². The van der Waals surface area contributed by atoms with Crippen molar-refractivity contribution in [2.24, 2.45) is 0 Å². The van der Waals surface area contributed by atoms with E-state index >= 15 is 0 Å². The Kier molecular flexibility index (Phi) is 5.91. The van der Waals surface area contributed by atoms with Gasteiger partial charge in [0.05, 0.1) is 6.04 Å². The number of nitrogens with one attached hydrogen (secondary N) is 1. The molecule has 1 unspecified atom stereocenters. The summed E-state index contributed by atoms with van der Waals surface area (Å²) in [5, 5.41) is 3.39. The number of aromatic nitrogens is 3.